The van der Waals surface area contributed by atoms with Crippen LogP contribution in [0.2, 0.25) is 0 Å². The van der Waals surface area contributed by atoms with Gasteiger partial charge in [0, 0.05) is 12.3 Å². The highest BCUT2D eigenvalue weighted by atomic mass is 19.4. The van der Waals surface area contributed by atoms with Crippen LogP contribution in [-0.4, -0.2) is 24.0 Å². The predicted molar refractivity (Wildman–Crippen MR) is 78.3 cm³/mol. The smallest absolute Gasteiger partial charge is 0.405 e. The number of carbonyl (C=O) groups excluding carboxylic acids is 1. The van der Waals surface area contributed by atoms with Gasteiger partial charge in [0.25, 0.3) is 5.91 Å². The number of para-hydroxylation sites is 1. The minimum atomic E-state index is -4.87. The number of ether oxygens (including phenoxy) is 1. The van der Waals surface area contributed by atoms with Gasteiger partial charge in [-0.2, -0.15) is 0 Å². The predicted octanol–water partition coefficient (Wildman–Crippen LogP) is 3.37. The summed E-state index contributed by atoms with van der Waals surface area (Å²) in [5.41, 5.74) is 1.09. The van der Waals surface area contributed by atoms with Crippen molar-refractivity contribution in [3.8, 4) is 5.75 Å². The largest absolute Gasteiger partial charge is 0.573 e. The molecule has 1 amide bonds. The molecule has 4 nitrogen and oxygen atoms in total. The number of hydrogen-bond acceptors (Lipinski definition) is 3. The van der Waals surface area contributed by atoms with Gasteiger partial charge in [-0.25, -0.2) is 0 Å². The Balaban J connectivity index is 2.14. The number of benzene rings is 2. The van der Waals surface area contributed by atoms with Crippen LogP contribution < -0.4 is 10.1 Å². The third-order valence-corrected chi connectivity index (χ3v) is 2.97. The van der Waals surface area contributed by atoms with Crippen molar-refractivity contribution in [3.63, 3.8) is 0 Å². The van der Waals surface area contributed by atoms with E-state index in [0.29, 0.717) is 12.1 Å². The molecule has 0 atom stereocenters. The van der Waals surface area contributed by atoms with Crippen LogP contribution in [0.3, 0.4) is 0 Å². The summed E-state index contributed by atoms with van der Waals surface area (Å²) in [5.74, 6) is -1.27. The van der Waals surface area contributed by atoms with Gasteiger partial charge in [0.2, 0.25) is 0 Å². The van der Waals surface area contributed by atoms with E-state index in [1.165, 1.54) is 18.2 Å². The molecule has 0 unspecified atom stereocenters. The molecule has 2 aromatic carbocycles. The molecule has 0 aliphatic rings. The first-order chi connectivity index (χ1) is 10.9. The number of aliphatic hydroxyl groups excluding tert-OH is 1. The minimum absolute atomic E-state index is 0.00780. The fourth-order valence-electron chi connectivity index (χ4n) is 1.95. The van der Waals surface area contributed by atoms with Crippen molar-refractivity contribution < 1.29 is 27.8 Å². The van der Waals surface area contributed by atoms with Gasteiger partial charge in [-0.1, -0.05) is 24.3 Å². The fourth-order valence-corrected chi connectivity index (χ4v) is 1.95. The molecule has 0 aliphatic heterocycles. The fraction of sp³-hybridized carbons (Fsp3) is 0.188. The number of hydrogen-bond donors (Lipinski definition) is 2. The molecule has 0 saturated heterocycles. The van der Waals surface area contributed by atoms with Gasteiger partial charge < -0.3 is 15.2 Å². The Morgan fingerprint density at radius 2 is 1.74 bits per heavy atom. The molecule has 0 heterocycles. The Labute approximate surface area is 130 Å². The van der Waals surface area contributed by atoms with Crippen molar-refractivity contribution in [2.75, 3.05) is 11.9 Å². The maximum Gasteiger partial charge on any atom is 0.573 e. The molecule has 0 bridgehead atoms. The normalized spacial score (nSPS) is 11.1. The van der Waals surface area contributed by atoms with E-state index in [4.69, 9.17) is 5.11 Å². The summed E-state index contributed by atoms with van der Waals surface area (Å²) in [5, 5.41) is 11.3. The Hall–Kier alpha value is -2.54. The third-order valence-electron chi connectivity index (χ3n) is 2.97. The first-order valence-electron chi connectivity index (χ1n) is 6.75. The summed E-state index contributed by atoms with van der Waals surface area (Å²) in [7, 11) is 0. The number of rotatable bonds is 5. The second-order valence-electron chi connectivity index (χ2n) is 4.67. The van der Waals surface area contributed by atoms with E-state index >= 15 is 0 Å². The minimum Gasteiger partial charge on any atom is -0.405 e. The molecule has 2 aromatic rings. The highest BCUT2D eigenvalue weighted by molar-refractivity contribution is 6.06. The summed E-state index contributed by atoms with van der Waals surface area (Å²) in [6.07, 6.45) is -4.39. The summed E-state index contributed by atoms with van der Waals surface area (Å²) in [6.45, 7) is 0.00780. The monoisotopic (exact) mass is 325 g/mol. The van der Waals surface area contributed by atoms with Crippen LogP contribution in [0.1, 0.15) is 15.9 Å². The zero-order valence-electron chi connectivity index (χ0n) is 11.9. The van der Waals surface area contributed by atoms with Gasteiger partial charge in [-0.15, -0.1) is 13.2 Å². The summed E-state index contributed by atoms with van der Waals surface area (Å²) in [4.78, 5) is 12.1. The third kappa shape index (κ3) is 5.00. The number of anilines is 1. The van der Waals surface area contributed by atoms with Gasteiger partial charge in [0.05, 0.1) is 5.56 Å². The highest BCUT2D eigenvalue weighted by Gasteiger charge is 2.32. The Bertz CT molecular complexity index is 669. The number of aliphatic hydroxyl groups is 1. The van der Waals surface area contributed by atoms with E-state index in [0.717, 1.165) is 11.6 Å². The Kier molecular flexibility index (Phi) is 5.23. The van der Waals surface area contributed by atoms with Gasteiger partial charge in [-0.3, -0.25) is 4.79 Å². The Morgan fingerprint density at radius 3 is 2.35 bits per heavy atom. The van der Waals surface area contributed by atoms with Crippen LogP contribution in [0.4, 0.5) is 18.9 Å². The van der Waals surface area contributed by atoms with E-state index < -0.39 is 18.0 Å². The number of amides is 1. The van der Waals surface area contributed by atoms with Gasteiger partial charge >= 0.3 is 6.36 Å². The lowest BCUT2D eigenvalue weighted by atomic mass is 10.1. The zero-order chi connectivity index (χ0) is 16.9. The maximum atomic E-state index is 12.4. The van der Waals surface area contributed by atoms with E-state index in [1.54, 1.807) is 24.3 Å². The highest BCUT2D eigenvalue weighted by Crippen LogP contribution is 2.26. The van der Waals surface area contributed by atoms with Crippen molar-refractivity contribution in [1.82, 2.24) is 0 Å². The second kappa shape index (κ2) is 7.15. The van der Waals surface area contributed by atoms with Crippen LogP contribution in [-0.2, 0) is 6.42 Å². The zero-order valence-corrected chi connectivity index (χ0v) is 11.9. The first kappa shape index (κ1) is 16.8. The molecule has 7 heteroatoms. The van der Waals surface area contributed by atoms with E-state index in [-0.39, 0.29) is 12.2 Å². The van der Waals surface area contributed by atoms with Gasteiger partial charge in [0.15, 0.2) is 0 Å². The maximum absolute atomic E-state index is 12.4. The molecule has 122 valence electrons. The molecular weight excluding hydrogens is 311 g/mol. The molecule has 23 heavy (non-hydrogen) atoms. The molecule has 2 N–H and O–H groups in total. The van der Waals surface area contributed by atoms with Crippen molar-refractivity contribution in [2.45, 2.75) is 12.8 Å². The van der Waals surface area contributed by atoms with Gasteiger partial charge in [-0.05, 0) is 36.2 Å². The van der Waals surface area contributed by atoms with E-state index in [9.17, 15) is 18.0 Å². The average Bonchev–Trinajstić information content (AvgIpc) is 2.48. The van der Waals surface area contributed by atoms with Crippen molar-refractivity contribution in [3.05, 3.63) is 59.7 Å². The number of carbonyl (C=O) groups is 1. The molecular formula is C16H14F3NO3. The van der Waals surface area contributed by atoms with Crippen LogP contribution in [0, 0.1) is 0 Å². The summed E-state index contributed by atoms with van der Waals surface area (Å²) < 4.78 is 40.9. The number of alkyl halides is 3. The lowest BCUT2D eigenvalue weighted by Crippen LogP contribution is -2.20. The van der Waals surface area contributed by atoms with Gasteiger partial charge in [0.1, 0.15) is 5.75 Å². The quantitative estimate of drug-likeness (QED) is 0.886. The van der Waals surface area contributed by atoms with E-state index in [2.05, 4.69) is 10.1 Å². The SMILES string of the molecule is O=C(Nc1ccc(CCO)cc1)c1ccccc1OC(F)(F)F. The molecule has 0 saturated carbocycles. The molecule has 0 fully saturated rings. The average molecular weight is 325 g/mol. The number of halogens is 3. The summed E-state index contributed by atoms with van der Waals surface area (Å²) >= 11 is 0. The van der Waals surface area contributed by atoms with Crippen molar-refractivity contribution in [2.24, 2.45) is 0 Å². The first-order valence-corrected chi connectivity index (χ1v) is 6.75. The second-order valence-corrected chi connectivity index (χ2v) is 4.67. The lowest BCUT2D eigenvalue weighted by molar-refractivity contribution is -0.274. The summed E-state index contributed by atoms with van der Waals surface area (Å²) in [6, 6.07) is 11.8. The van der Waals surface area contributed by atoms with E-state index in [1.807, 2.05) is 0 Å². The molecule has 2 rings (SSSR count). The molecule has 0 spiro atoms. The molecule has 0 aromatic heterocycles. The molecule has 0 radical (unpaired) electrons. The lowest BCUT2D eigenvalue weighted by Gasteiger charge is -2.13. The number of nitrogens with one attached hydrogen (secondary N) is 1. The Morgan fingerprint density at radius 1 is 1.09 bits per heavy atom. The van der Waals surface area contributed by atoms with Crippen LogP contribution in [0.15, 0.2) is 48.5 Å². The van der Waals surface area contributed by atoms with Crippen LogP contribution >= 0.6 is 0 Å². The van der Waals surface area contributed by atoms with Crippen LogP contribution in [0.25, 0.3) is 0 Å². The topological polar surface area (TPSA) is 58.6 Å². The van der Waals surface area contributed by atoms with Crippen molar-refractivity contribution in [1.29, 1.82) is 0 Å². The molecule has 0 aliphatic carbocycles. The van der Waals surface area contributed by atoms with Crippen molar-refractivity contribution >= 4 is 11.6 Å². The van der Waals surface area contributed by atoms with Crippen LogP contribution in [0.5, 0.6) is 5.75 Å². The standard InChI is InChI=1S/C16H14F3NO3/c17-16(18,19)23-14-4-2-1-3-13(14)15(22)20-12-7-5-11(6-8-12)9-10-21/h1-8,21H,9-10H2,(H,20,22).